The van der Waals surface area contributed by atoms with Gasteiger partial charge in [-0.05, 0) is 30.9 Å². The first-order valence-corrected chi connectivity index (χ1v) is 6.06. The number of aliphatic imine (C=N–C) groups is 1. The summed E-state index contributed by atoms with van der Waals surface area (Å²) in [5, 5.41) is 0. The van der Waals surface area contributed by atoms with Gasteiger partial charge in [0.1, 0.15) is 0 Å². The first kappa shape index (κ1) is 14.0. The SMILES string of the molecule is COC[C@H](N=Cc1ccc(C(F)(F)F)cn1)C1CC1. The van der Waals surface area contributed by atoms with E-state index in [1.165, 1.54) is 12.3 Å². The summed E-state index contributed by atoms with van der Waals surface area (Å²) in [6, 6.07) is 2.41. The molecule has 1 aliphatic rings. The number of hydrogen-bond donors (Lipinski definition) is 0. The zero-order valence-electron chi connectivity index (χ0n) is 10.5. The molecule has 2 rings (SSSR count). The summed E-state index contributed by atoms with van der Waals surface area (Å²) in [5.74, 6) is 0.533. The van der Waals surface area contributed by atoms with E-state index in [1.807, 2.05) is 0 Å². The highest BCUT2D eigenvalue weighted by atomic mass is 19.4. The molecule has 1 aliphatic carbocycles. The summed E-state index contributed by atoms with van der Waals surface area (Å²) in [6.45, 7) is 0.530. The minimum atomic E-state index is -4.35. The highest BCUT2D eigenvalue weighted by Crippen LogP contribution is 2.34. The molecule has 0 saturated heterocycles. The van der Waals surface area contributed by atoms with Crippen molar-refractivity contribution < 1.29 is 17.9 Å². The summed E-state index contributed by atoms with van der Waals surface area (Å²) in [7, 11) is 1.61. The van der Waals surface area contributed by atoms with Crippen LogP contribution in [0.1, 0.15) is 24.1 Å². The molecule has 19 heavy (non-hydrogen) atoms. The molecule has 1 aromatic heterocycles. The lowest BCUT2D eigenvalue weighted by Gasteiger charge is -2.09. The van der Waals surface area contributed by atoms with Gasteiger partial charge in [-0.15, -0.1) is 0 Å². The van der Waals surface area contributed by atoms with Crippen molar-refractivity contribution in [1.82, 2.24) is 4.98 Å². The van der Waals surface area contributed by atoms with E-state index in [2.05, 4.69) is 9.98 Å². The molecule has 1 saturated carbocycles. The Balaban J connectivity index is 2.02. The number of rotatable bonds is 5. The maximum Gasteiger partial charge on any atom is 0.417 e. The quantitative estimate of drug-likeness (QED) is 0.772. The predicted octanol–water partition coefficient (Wildman–Crippen LogP) is 2.94. The van der Waals surface area contributed by atoms with Crippen molar-refractivity contribution in [3.63, 3.8) is 0 Å². The van der Waals surface area contributed by atoms with Crippen molar-refractivity contribution in [2.24, 2.45) is 10.9 Å². The molecule has 6 heteroatoms. The Labute approximate surface area is 109 Å². The van der Waals surface area contributed by atoms with Gasteiger partial charge in [0.15, 0.2) is 0 Å². The zero-order chi connectivity index (χ0) is 13.9. The first-order valence-electron chi connectivity index (χ1n) is 6.06. The monoisotopic (exact) mass is 272 g/mol. The van der Waals surface area contributed by atoms with Crippen molar-refractivity contribution in [2.75, 3.05) is 13.7 Å². The maximum absolute atomic E-state index is 12.4. The second-order valence-corrected chi connectivity index (χ2v) is 4.61. The van der Waals surface area contributed by atoms with Crippen LogP contribution in [0.3, 0.4) is 0 Å². The number of alkyl halides is 3. The molecular formula is C13H15F3N2O. The topological polar surface area (TPSA) is 34.5 Å². The molecule has 104 valence electrons. The molecule has 1 fully saturated rings. The van der Waals surface area contributed by atoms with Crippen LogP contribution in [-0.4, -0.2) is 31.0 Å². The molecule has 0 radical (unpaired) electrons. The minimum absolute atomic E-state index is 0.0779. The fourth-order valence-electron chi connectivity index (χ4n) is 1.77. The van der Waals surface area contributed by atoms with E-state index in [-0.39, 0.29) is 6.04 Å². The Bertz CT molecular complexity index is 438. The van der Waals surface area contributed by atoms with Crippen LogP contribution in [0.15, 0.2) is 23.3 Å². The van der Waals surface area contributed by atoms with Gasteiger partial charge in [0.25, 0.3) is 0 Å². The molecule has 1 atom stereocenters. The second kappa shape index (κ2) is 5.69. The Morgan fingerprint density at radius 3 is 2.68 bits per heavy atom. The van der Waals surface area contributed by atoms with Crippen LogP contribution in [-0.2, 0) is 10.9 Å². The lowest BCUT2D eigenvalue weighted by molar-refractivity contribution is -0.137. The van der Waals surface area contributed by atoms with E-state index in [4.69, 9.17) is 4.74 Å². The van der Waals surface area contributed by atoms with E-state index >= 15 is 0 Å². The molecule has 3 nitrogen and oxygen atoms in total. The van der Waals surface area contributed by atoms with E-state index in [1.54, 1.807) is 7.11 Å². The lowest BCUT2D eigenvalue weighted by Crippen LogP contribution is -2.15. The fraction of sp³-hybridized carbons (Fsp3) is 0.538. The van der Waals surface area contributed by atoms with E-state index in [9.17, 15) is 13.2 Å². The molecule has 0 spiro atoms. The Kier molecular flexibility index (Phi) is 4.19. The molecule has 0 aromatic carbocycles. The van der Waals surface area contributed by atoms with Crippen LogP contribution in [0.25, 0.3) is 0 Å². The Morgan fingerprint density at radius 1 is 1.47 bits per heavy atom. The minimum Gasteiger partial charge on any atom is -0.382 e. The number of hydrogen-bond acceptors (Lipinski definition) is 3. The van der Waals surface area contributed by atoms with Gasteiger partial charge in [0.05, 0.1) is 23.9 Å². The van der Waals surface area contributed by atoms with Gasteiger partial charge < -0.3 is 4.74 Å². The molecule has 0 bridgehead atoms. The summed E-state index contributed by atoms with van der Waals surface area (Å²) < 4.78 is 42.1. The largest absolute Gasteiger partial charge is 0.417 e. The average molecular weight is 272 g/mol. The third-order valence-electron chi connectivity index (χ3n) is 3.02. The number of ether oxygens (including phenoxy) is 1. The van der Waals surface area contributed by atoms with Crippen molar-refractivity contribution in [3.05, 3.63) is 29.6 Å². The van der Waals surface area contributed by atoms with Gasteiger partial charge >= 0.3 is 6.18 Å². The highest BCUT2D eigenvalue weighted by molar-refractivity contribution is 5.77. The van der Waals surface area contributed by atoms with Gasteiger partial charge in [0, 0.05) is 19.5 Å². The normalized spacial score (nSPS) is 17.9. The number of nitrogens with zero attached hydrogens (tertiary/aromatic N) is 2. The number of aromatic nitrogens is 1. The van der Waals surface area contributed by atoms with Crippen LogP contribution in [0.4, 0.5) is 13.2 Å². The molecule has 1 heterocycles. The highest BCUT2D eigenvalue weighted by Gasteiger charge is 2.31. The van der Waals surface area contributed by atoms with E-state index in [0.717, 1.165) is 25.1 Å². The van der Waals surface area contributed by atoms with Gasteiger partial charge in [-0.25, -0.2) is 0 Å². The zero-order valence-corrected chi connectivity index (χ0v) is 10.5. The molecule has 0 amide bonds. The van der Waals surface area contributed by atoms with Gasteiger partial charge in [-0.3, -0.25) is 9.98 Å². The Morgan fingerprint density at radius 2 is 2.21 bits per heavy atom. The van der Waals surface area contributed by atoms with Crippen molar-refractivity contribution in [3.8, 4) is 0 Å². The second-order valence-electron chi connectivity index (χ2n) is 4.61. The standard InChI is InChI=1S/C13H15F3N2O/c1-19-8-12(9-2-3-9)18-7-11-5-4-10(6-17-11)13(14,15)16/h4-7,9,12H,2-3,8H2,1H3/t12-/m0/s1. The number of methoxy groups -OCH3 is 1. The van der Waals surface area contributed by atoms with Crippen LogP contribution in [0, 0.1) is 5.92 Å². The van der Waals surface area contributed by atoms with E-state index < -0.39 is 11.7 Å². The molecule has 0 aliphatic heterocycles. The van der Waals surface area contributed by atoms with Crippen molar-refractivity contribution >= 4 is 6.21 Å². The molecule has 1 aromatic rings. The summed E-state index contributed by atoms with van der Waals surface area (Å²) in [6.07, 6.45) is 0.249. The fourth-order valence-corrected chi connectivity index (χ4v) is 1.77. The van der Waals surface area contributed by atoms with Gasteiger partial charge in [-0.2, -0.15) is 13.2 Å². The predicted molar refractivity (Wildman–Crippen MR) is 65.2 cm³/mol. The van der Waals surface area contributed by atoms with Crippen LogP contribution in [0.5, 0.6) is 0 Å². The molecule has 0 N–H and O–H groups in total. The summed E-state index contributed by atoms with van der Waals surface area (Å²) in [4.78, 5) is 8.09. The van der Waals surface area contributed by atoms with Gasteiger partial charge in [0.2, 0.25) is 0 Å². The van der Waals surface area contributed by atoms with Crippen molar-refractivity contribution in [2.45, 2.75) is 25.1 Å². The first-order chi connectivity index (χ1) is 9.00. The molecule has 0 unspecified atom stereocenters. The van der Waals surface area contributed by atoms with Crippen LogP contribution in [0.2, 0.25) is 0 Å². The smallest absolute Gasteiger partial charge is 0.382 e. The third-order valence-corrected chi connectivity index (χ3v) is 3.02. The molecular weight excluding hydrogens is 257 g/mol. The van der Waals surface area contributed by atoms with E-state index in [0.29, 0.717) is 18.2 Å². The Hall–Kier alpha value is -1.43. The average Bonchev–Trinajstić information content (AvgIpc) is 3.18. The summed E-state index contributed by atoms with van der Waals surface area (Å²) in [5.41, 5.74) is -0.324. The number of pyridine rings is 1. The third kappa shape index (κ3) is 4.02. The maximum atomic E-state index is 12.4. The van der Waals surface area contributed by atoms with Crippen LogP contribution < -0.4 is 0 Å². The summed E-state index contributed by atoms with van der Waals surface area (Å²) >= 11 is 0. The van der Waals surface area contributed by atoms with Gasteiger partial charge in [-0.1, -0.05) is 0 Å². The van der Waals surface area contributed by atoms with Crippen LogP contribution >= 0.6 is 0 Å². The van der Waals surface area contributed by atoms with Crippen molar-refractivity contribution in [1.29, 1.82) is 0 Å². The lowest BCUT2D eigenvalue weighted by atomic mass is 10.2. The number of halogens is 3.